The smallest absolute Gasteiger partial charge is 0.323 e. The third-order valence-corrected chi connectivity index (χ3v) is 2.58. The summed E-state index contributed by atoms with van der Waals surface area (Å²) in [6.45, 7) is 3.67. The molecular formula is C12H14ClFN6O. The fourth-order valence-electron chi connectivity index (χ4n) is 1.45. The van der Waals surface area contributed by atoms with Gasteiger partial charge in [-0.3, -0.25) is 5.43 Å². The Morgan fingerprint density at radius 1 is 1.24 bits per heavy atom. The molecule has 0 amide bonds. The van der Waals surface area contributed by atoms with E-state index < -0.39 is 5.82 Å². The Kier molecular flexibility index (Phi) is 4.71. The highest BCUT2D eigenvalue weighted by Crippen LogP contribution is 2.25. The van der Waals surface area contributed by atoms with Crippen LogP contribution in [0, 0.1) is 5.82 Å². The minimum atomic E-state index is -0.436. The Labute approximate surface area is 125 Å². The van der Waals surface area contributed by atoms with Crippen LogP contribution in [0.4, 0.5) is 22.0 Å². The highest BCUT2D eigenvalue weighted by Gasteiger charge is 2.10. The van der Waals surface area contributed by atoms with E-state index in [-0.39, 0.29) is 29.0 Å². The number of hydrogen-bond donors (Lipinski definition) is 3. The molecule has 1 aromatic carbocycles. The van der Waals surface area contributed by atoms with Crippen LogP contribution in [0.1, 0.15) is 13.8 Å². The molecule has 0 saturated heterocycles. The van der Waals surface area contributed by atoms with E-state index in [1.807, 2.05) is 13.8 Å². The van der Waals surface area contributed by atoms with E-state index in [0.717, 1.165) is 0 Å². The van der Waals surface area contributed by atoms with Crippen LogP contribution in [-0.4, -0.2) is 21.1 Å². The lowest BCUT2D eigenvalue weighted by Gasteiger charge is -2.11. The Bertz CT molecular complexity index is 639. The molecule has 0 unspecified atom stereocenters. The standard InChI is InChI=1S/C12H14ClFN6O/c1-6(2)21-12-18-10(17-11(19-12)20-15)16-9-4-3-7(14)5-8(9)13/h3-6H,15H2,1-2H3,(H2,16,17,18,19,20). The van der Waals surface area contributed by atoms with Crippen LogP contribution < -0.4 is 21.3 Å². The number of nitrogen functional groups attached to an aromatic ring is 1. The summed E-state index contributed by atoms with van der Waals surface area (Å²) in [5, 5.41) is 3.05. The first-order chi connectivity index (χ1) is 9.97. The number of hydrogen-bond acceptors (Lipinski definition) is 7. The van der Waals surface area contributed by atoms with E-state index in [2.05, 4.69) is 25.7 Å². The molecule has 0 fully saturated rings. The number of nitrogens with two attached hydrogens (primary N) is 1. The van der Waals surface area contributed by atoms with Gasteiger partial charge < -0.3 is 10.1 Å². The Morgan fingerprint density at radius 3 is 2.57 bits per heavy atom. The highest BCUT2D eigenvalue weighted by atomic mass is 35.5. The minimum Gasteiger partial charge on any atom is -0.461 e. The van der Waals surface area contributed by atoms with Crippen molar-refractivity contribution in [3.63, 3.8) is 0 Å². The van der Waals surface area contributed by atoms with Gasteiger partial charge in [-0.1, -0.05) is 11.6 Å². The summed E-state index contributed by atoms with van der Waals surface area (Å²) in [7, 11) is 0. The van der Waals surface area contributed by atoms with Crippen molar-refractivity contribution in [1.29, 1.82) is 0 Å². The molecule has 1 aromatic heterocycles. The monoisotopic (exact) mass is 312 g/mol. The molecule has 0 atom stereocenters. The SMILES string of the molecule is CC(C)Oc1nc(NN)nc(Nc2ccc(F)cc2Cl)n1. The number of ether oxygens (including phenoxy) is 1. The van der Waals surface area contributed by atoms with Gasteiger partial charge in [0.1, 0.15) is 5.82 Å². The van der Waals surface area contributed by atoms with Crippen molar-refractivity contribution >= 4 is 29.2 Å². The molecule has 0 radical (unpaired) electrons. The fourth-order valence-corrected chi connectivity index (χ4v) is 1.67. The quantitative estimate of drug-likeness (QED) is 0.576. The lowest BCUT2D eigenvalue weighted by molar-refractivity contribution is 0.222. The number of nitrogens with zero attached hydrogens (tertiary/aromatic N) is 3. The average molecular weight is 313 g/mol. The van der Waals surface area contributed by atoms with Gasteiger partial charge in [0.25, 0.3) is 0 Å². The van der Waals surface area contributed by atoms with Crippen molar-refractivity contribution < 1.29 is 9.13 Å². The first kappa shape index (κ1) is 15.2. The molecular weight excluding hydrogens is 299 g/mol. The molecule has 0 saturated carbocycles. The van der Waals surface area contributed by atoms with Crippen LogP contribution >= 0.6 is 11.6 Å². The number of rotatable bonds is 5. The number of nitrogens with one attached hydrogen (secondary N) is 2. The van der Waals surface area contributed by atoms with E-state index in [9.17, 15) is 4.39 Å². The summed E-state index contributed by atoms with van der Waals surface area (Å²) in [5.41, 5.74) is 2.76. The van der Waals surface area contributed by atoms with Crippen LogP contribution in [0.3, 0.4) is 0 Å². The van der Waals surface area contributed by atoms with E-state index in [1.165, 1.54) is 18.2 Å². The molecule has 2 aromatic rings. The van der Waals surface area contributed by atoms with Gasteiger partial charge >= 0.3 is 6.01 Å². The largest absolute Gasteiger partial charge is 0.461 e. The van der Waals surface area contributed by atoms with Crippen LogP contribution in [0.15, 0.2) is 18.2 Å². The first-order valence-corrected chi connectivity index (χ1v) is 6.47. The molecule has 0 spiro atoms. The molecule has 2 rings (SSSR count). The summed E-state index contributed by atoms with van der Waals surface area (Å²) >= 11 is 5.93. The molecule has 1 heterocycles. The van der Waals surface area contributed by atoms with Gasteiger partial charge in [-0.15, -0.1) is 0 Å². The van der Waals surface area contributed by atoms with E-state index in [4.69, 9.17) is 22.2 Å². The number of halogens is 2. The molecule has 112 valence electrons. The van der Waals surface area contributed by atoms with Gasteiger partial charge in [0.05, 0.1) is 16.8 Å². The normalized spacial score (nSPS) is 10.6. The van der Waals surface area contributed by atoms with Crippen molar-refractivity contribution in [3.05, 3.63) is 29.0 Å². The molecule has 0 aliphatic rings. The minimum absolute atomic E-state index is 0.105. The average Bonchev–Trinajstić information content (AvgIpc) is 2.41. The number of hydrazine groups is 1. The van der Waals surface area contributed by atoms with Gasteiger partial charge in [0, 0.05) is 0 Å². The van der Waals surface area contributed by atoms with Gasteiger partial charge in [-0.2, -0.15) is 15.0 Å². The lowest BCUT2D eigenvalue weighted by atomic mass is 10.3. The summed E-state index contributed by atoms with van der Waals surface area (Å²) < 4.78 is 18.4. The molecule has 4 N–H and O–H groups in total. The summed E-state index contributed by atoms with van der Waals surface area (Å²) in [5.74, 6) is 5.16. The molecule has 7 nitrogen and oxygen atoms in total. The fraction of sp³-hybridized carbons (Fsp3) is 0.250. The van der Waals surface area contributed by atoms with Crippen molar-refractivity contribution in [1.82, 2.24) is 15.0 Å². The lowest BCUT2D eigenvalue weighted by Crippen LogP contribution is -2.15. The third-order valence-electron chi connectivity index (χ3n) is 2.26. The van der Waals surface area contributed by atoms with Gasteiger partial charge in [-0.25, -0.2) is 10.2 Å². The first-order valence-electron chi connectivity index (χ1n) is 6.09. The molecule has 0 aliphatic carbocycles. The van der Waals surface area contributed by atoms with Crippen LogP contribution in [0.25, 0.3) is 0 Å². The van der Waals surface area contributed by atoms with Gasteiger partial charge in [0.2, 0.25) is 11.9 Å². The number of anilines is 3. The number of aromatic nitrogens is 3. The molecule has 21 heavy (non-hydrogen) atoms. The maximum Gasteiger partial charge on any atom is 0.323 e. The maximum atomic E-state index is 13.0. The number of benzene rings is 1. The van der Waals surface area contributed by atoms with Crippen LogP contribution in [0.2, 0.25) is 5.02 Å². The zero-order valence-electron chi connectivity index (χ0n) is 11.4. The predicted molar refractivity (Wildman–Crippen MR) is 78.1 cm³/mol. The third kappa shape index (κ3) is 4.14. The summed E-state index contributed by atoms with van der Waals surface area (Å²) in [6, 6.07) is 4.02. The van der Waals surface area contributed by atoms with Crippen molar-refractivity contribution in [2.75, 3.05) is 10.7 Å². The second-order valence-electron chi connectivity index (χ2n) is 4.33. The second kappa shape index (κ2) is 6.51. The second-order valence-corrected chi connectivity index (χ2v) is 4.73. The van der Waals surface area contributed by atoms with Crippen molar-refractivity contribution in [2.45, 2.75) is 20.0 Å². The zero-order chi connectivity index (χ0) is 15.4. The topological polar surface area (TPSA) is 98.0 Å². The van der Waals surface area contributed by atoms with Crippen molar-refractivity contribution in [2.24, 2.45) is 5.84 Å². The van der Waals surface area contributed by atoms with E-state index in [0.29, 0.717) is 5.69 Å². The molecule has 0 aliphatic heterocycles. The van der Waals surface area contributed by atoms with Crippen LogP contribution in [0.5, 0.6) is 6.01 Å². The zero-order valence-corrected chi connectivity index (χ0v) is 12.1. The van der Waals surface area contributed by atoms with Crippen LogP contribution in [-0.2, 0) is 0 Å². The highest BCUT2D eigenvalue weighted by molar-refractivity contribution is 6.33. The van der Waals surface area contributed by atoms with Crippen molar-refractivity contribution in [3.8, 4) is 6.01 Å². The Hall–Kier alpha value is -2.19. The molecule has 0 bridgehead atoms. The predicted octanol–water partition coefficient (Wildman–Crippen LogP) is 2.48. The molecule has 9 heteroatoms. The maximum absolute atomic E-state index is 13.0. The Morgan fingerprint density at radius 2 is 1.95 bits per heavy atom. The summed E-state index contributed by atoms with van der Waals surface area (Å²) in [6.07, 6.45) is -0.111. The Balaban J connectivity index is 2.29. The van der Waals surface area contributed by atoms with E-state index >= 15 is 0 Å². The van der Waals surface area contributed by atoms with Gasteiger partial charge in [-0.05, 0) is 32.0 Å². The van der Waals surface area contributed by atoms with E-state index in [1.54, 1.807) is 0 Å². The summed E-state index contributed by atoms with van der Waals surface area (Å²) in [4.78, 5) is 12.0. The van der Waals surface area contributed by atoms with Gasteiger partial charge in [0.15, 0.2) is 0 Å².